The molecule has 0 spiro atoms. The van der Waals surface area contributed by atoms with E-state index in [1.807, 2.05) is 5.32 Å². The van der Waals surface area contributed by atoms with Crippen LogP contribution in [0.1, 0.15) is 15.9 Å². The molecule has 0 bridgehead atoms. The Morgan fingerprint density at radius 3 is 2.23 bits per heavy atom. The van der Waals surface area contributed by atoms with Gasteiger partial charge in [0.05, 0.1) is 25.2 Å². The summed E-state index contributed by atoms with van der Waals surface area (Å²) < 4.78 is 71.3. The molecule has 0 atom stereocenters. The second-order valence-corrected chi connectivity index (χ2v) is 6.88. The van der Waals surface area contributed by atoms with Gasteiger partial charge >= 0.3 is 12.3 Å². The fourth-order valence-corrected chi connectivity index (χ4v) is 3.02. The molecule has 1 aliphatic heterocycles. The third-order valence-corrected chi connectivity index (χ3v) is 4.52. The summed E-state index contributed by atoms with van der Waals surface area (Å²) in [4.78, 5) is 23.5. The largest absolute Gasteiger partial charge is 0.491 e. The maximum atomic E-state index is 13.4. The van der Waals surface area contributed by atoms with Gasteiger partial charge in [-0.2, -0.15) is 13.2 Å². The molecule has 0 unspecified atom stereocenters. The van der Waals surface area contributed by atoms with Crippen molar-refractivity contribution in [3.63, 3.8) is 0 Å². The molecule has 0 saturated carbocycles. The first-order valence-electron chi connectivity index (χ1n) is 9.05. The standard InChI is InChI=1S/C20H17F5N2O4/c21-19(22)10-27(11-19)17(28)13-3-1-12(2-4-13)14-5-6-16(15(9-14)20(23,24)25)31-8-7-26-18(29)30/h1-6,9,26H,7-8,10-11H2,(H,29,30). The first kappa shape index (κ1) is 22.3. The predicted molar refractivity (Wildman–Crippen MR) is 99.3 cm³/mol. The average Bonchev–Trinajstić information content (AvgIpc) is 2.68. The summed E-state index contributed by atoms with van der Waals surface area (Å²) in [5, 5.41) is 10.5. The van der Waals surface area contributed by atoms with Crippen molar-refractivity contribution >= 4 is 12.0 Å². The lowest BCUT2D eigenvalue weighted by atomic mass is 10.00. The number of carbonyl (C=O) groups excluding carboxylic acids is 1. The van der Waals surface area contributed by atoms with Gasteiger partial charge in [-0.05, 0) is 35.4 Å². The van der Waals surface area contributed by atoms with E-state index >= 15 is 0 Å². The highest BCUT2D eigenvalue weighted by atomic mass is 19.4. The van der Waals surface area contributed by atoms with E-state index in [1.165, 1.54) is 30.3 Å². The SMILES string of the molecule is O=C(O)NCCOc1ccc(-c2ccc(C(=O)N3CC(F)(F)C3)cc2)cc1C(F)(F)F. The number of ether oxygens (including phenoxy) is 1. The highest BCUT2D eigenvalue weighted by molar-refractivity contribution is 5.95. The Hall–Kier alpha value is -3.37. The Kier molecular flexibility index (Phi) is 6.05. The lowest BCUT2D eigenvalue weighted by Crippen LogP contribution is -2.58. The van der Waals surface area contributed by atoms with Gasteiger partial charge in [-0.25, -0.2) is 13.6 Å². The number of carboxylic acid groups (broad SMARTS) is 1. The first-order valence-corrected chi connectivity index (χ1v) is 9.05. The van der Waals surface area contributed by atoms with Gasteiger partial charge in [-0.3, -0.25) is 4.79 Å². The number of carbonyl (C=O) groups is 2. The molecular weight excluding hydrogens is 427 g/mol. The maximum absolute atomic E-state index is 13.4. The van der Waals surface area contributed by atoms with Gasteiger partial charge in [-0.15, -0.1) is 0 Å². The van der Waals surface area contributed by atoms with E-state index in [0.717, 1.165) is 17.0 Å². The monoisotopic (exact) mass is 444 g/mol. The number of halogens is 5. The van der Waals surface area contributed by atoms with Gasteiger partial charge in [-0.1, -0.05) is 18.2 Å². The molecule has 1 heterocycles. The van der Waals surface area contributed by atoms with Crippen LogP contribution >= 0.6 is 0 Å². The molecule has 0 aliphatic carbocycles. The maximum Gasteiger partial charge on any atom is 0.419 e. The summed E-state index contributed by atoms with van der Waals surface area (Å²) in [5.74, 6) is -3.92. The van der Waals surface area contributed by atoms with Crippen LogP contribution < -0.4 is 10.1 Å². The average molecular weight is 444 g/mol. The normalized spacial score (nSPS) is 15.2. The topological polar surface area (TPSA) is 78.9 Å². The number of likely N-dealkylation sites (tertiary alicyclic amines) is 1. The Bertz CT molecular complexity index is 969. The molecule has 1 saturated heterocycles. The minimum absolute atomic E-state index is 0.154. The zero-order chi connectivity index (χ0) is 22.8. The van der Waals surface area contributed by atoms with Crippen LogP contribution in [0.3, 0.4) is 0 Å². The summed E-state index contributed by atoms with van der Waals surface area (Å²) >= 11 is 0. The minimum Gasteiger partial charge on any atom is -0.491 e. The second kappa shape index (κ2) is 8.40. The predicted octanol–water partition coefficient (Wildman–Crippen LogP) is 4.11. The van der Waals surface area contributed by atoms with Crippen molar-refractivity contribution in [3.8, 4) is 16.9 Å². The molecule has 166 valence electrons. The highest BCUT2D eigenvalue weighted by Crippen LogP contribution is 2.39. The lowest BCUT2D eigenvalue weighted by molar-refractivity contribution is -0.138. The van der Waals surface area contributed by atoms with E-state index in [4.69, 9.17) is 9.84 Å². The zero-order valence-corrected chi connectivity index (χ0v) is 15.9. The Morgan fingerprint density at radius 1 is 1.06 bits per heavy atom. The molecule has 2 amide bonds. The minimum atomic E-state index is -4.72. The summed E-state index contributed by atoms with van der Waals surface area (Å²) in [6, 6.07) is 8.98. The van der Waals surface area contributed by atoms with Crippen LogP contribution in [-0.4, -0.2) is 54.2 Å². The molecule has 2 N–H and O–H groups in total. The number of hydrogen-bond donors (Lipinski definition) is 2. The zero-order valence-electron chi connectivity index (χ0n) is 15.9. The summed E-state index contributed by atoms with van der Waals surface area (Å²) in [6.07, 6.45) is -6.04. The molecule has 1 fully saturated rings. The second-order valence-electron chi connectivity index (χ2n) is 6.88. The third kappa shape index (κ3) is 5.41. The van der Waals surface area contributed by atoms with Crippen LogP contribution in [0.2, 0.25) is 0 Å². The lowest BCUT2D eigenvalue weighted by Gasteiger charge is -2.38. The van der Waals surface area contributed by atoms with E-state index in [1.54, 1.807) is 0 Å². The van der Waals surface area contributed by atoms with Crippen molar-refractivity contribution in [2.45, 2.75) is 12.1 Å². The van der Waals surface area contributed by atoms with Crippen molar-refractivity contribution in [1.82, 2.24) is 10.2 Å². The van der Waals surface area contributed by atoms with E-state index in [9.17, 15) is 31.5 Å². The van der Waals surface area contributed by atoms with Crippen molar-refractivity contribution in [2.24, 2.45) is 0 Å². The van der Waals surface area contributed by atoms with E-state index in [-0.39, 0.29) is 24.3 Å². The fourth-order valence-electron chi connectivity index (χ4n) is 3.02. The Morgan fingerprint density at radius 2 is 1.68 bits per heavy atom. The smallest absolute Gasteiger partial charge is 0.419 e. The molecule has 2 aromatic carbocycles. The Balaban J connectivity index is 1.76. The van der Waals surface area contributed by atoms with Crippen LogP contribution in [0.25, 0.3) is 11.1 Å². The third-order valence-electron chi connectivity index (χ3n) is 4.52. The molecular formula is C20H17F5N2O4. The van der Waals surface area contributed by atoms with E-state index in [0.29, 0.717) is 5.56 Å². The van der Waals surface area contributed by atoms with Crippen LogP contribution in [0, 0.1) is 0 Å². The molecule has 3 rings (SSSR count). The molecule has 0 aromatic heterocycles. The van der Waals surface area contributed by atoms with E-state index < -0.39 is 48.5 Å². The van der Waals surface area contributed by atoms with Crippen molar-refractivity contribution in [2.75, 3.05) is 26.2 Å². The van der Waals surface area contributed by atoms with Crippen LogP contribution in [0.4, 0.5) is 26.7 Å². The van der Waals surface area contributed by atoms with Crippen LogP contribution in [0.5, 0.6) is 5.75 Å². The fraction of sp³-hybridized carbons (Fsp3) is 0.300. The molecule has 31 heavy (non-hydrogen) atoms. The van der Waals surface area contributed by atoms with Gasteiger partial charge < -0.3 is 20.1 Å². The number of hydrogen-bond acceptors (Lipinski definition) is 3. The van der Waals surface area contributed by atoms with Crippen LogP contribution in [0.15, 0.2) is 42.5 Å². The summed E-state index contributed by atoms with van der Waals surface area (Å²) in [6.45, 7) is -1.80. The summed E-state index contributed by atoms with van der Waals surface area (Å²) in [7, 11) is 0. The van der Waals surface area contributed by atoms with Crippen molar-refractivity contribution < 1.29 is 41.4 Å². The quantitative estimate of drug-likeness (QED) is 0.519. The number of nitrogens with one attached hydrogen (secondary N) is 1. The number of alkyl halides is 5. The molecule has 11 heteroatoms. The van der Waals surface area contributed by atoms with Crippen molar-refractivity contribution in [1.29, 1.82) is 0 Å². The summed E-state index contributed by atoms with van der Waals surface area (Å²) in [5.41, 5.74) is -0.294. The molecule has 0 radical (unpaired) electrons. The van der Waals surface area contributed by atoms with Gasteiger partial charge in [0, 0.05) is 5.56 Å². The molecule has 1 aliphatic rings. The number of nitrogens with zero attached hydrogens (tertiary/aromatic N) is 1. The Labute approximate surface area is 173 Å². The van der Waals surface area contributed by atoms with Gasteiger partial charge in [0.15, 0.2) is 0 Å². The number of rotatable bonds is 6. The number of amides is 2. The van der Waals surface area contributed by atoms with Crippen molar-refractivity contribution in [3.05, 3.63) is 53.6 Å². The van der Waals surface area contributed by atoms with Gasteiger partial charge in [0.25, 0.3) is 11.8 Å². The van der Waals surface area contributed by atoms with Gasteiger partial charge in [0.2, 0.25) is 0 Å². The number of benzene rings is 2. The molecule has 2 aromatic rings. The first-order chi connectivity index (χ1) is 14.5. The van der Waals surface area contributed by atoms with Gasteiger partial charge in [0.1, 0.15) is 12.4 Å². The molecule has 6 nitrogen and oxygen atoms in total. The highest BCUT2D eigenvalue weighted by Gasteiger charge is 2.46. The van der Waals surface area contributed by atoms with E-state index in [2.05, 4.69) is 0 Å². The van der Waals surface area contributed by atoms with Crippen LogP contribution in [-0.2, 0) is 6.18 Å².